The van der Waals surface area contributed by atoms with Crippen molar-refractivity contribution >= 4 is 11.5 Å². The van der Waals surface area contributed by atoms with Crippen LogP contribution in [0, 0.1) is 5.82 Å². The Balaban J connectivity index is 2.84. The molecule has 3 nitrogen and oxygen atoms in total. The molecule has 4 N–H and O–H groups in total. The van der Waals surface area contributed by atoms with E-state index in [2.05, 4.69) is 0 Å². The standard InChI is InChI=1S/C10H13FN2O/c11-8-4-1-3-7(10(8)13)9(14)5-2-6-12/h1,3-4H,2,5-6,12-13H2. The van der Waals surface area contributed by atoms with Gasteiger partial charge in [0.15, 0.2) is 5.78 Å². The van der Waals surface area contributed by atoms with Crippen LogP contribution in [-0.4, -0.2) is 12.3 Å². The lowest BCUT2D eigenvalue weighted by atomic mass is 10.0. The molecule has 0 saturated heterocycles. The molecule has 0 heterocycles. The lowest BCUT2D eigenvalue weighted by Gasteiger charge is -2.04. The predicted molar refractivity (Wildman–Crippen MR) is 53.4 cm³/mol. The zero-order valence-electron chi connectivity index (χ0n) is 7.79. The number of halogens is 1. The van der Waals surface area contributed by atoms with E-state index in [0.717, 1.165) is 0 Å². The lowest BCUT2D eigenvalue weighted by Crippen LogP contribution is -2.08. The van der Waals surface area contributed by atoms with Crippen LogP contribution in [0.2, 0.25) is 0 Å². The van der Waals surface area contributed by atoms with Gasteiger partial charge in [0, 0.05) is 12.0 Å². The largest absolute Gasteiger partial charge is 0.396 e. The summed E-state index contributed by atoms with van der Waals surface area (Å²) in [5.41, 5.74) is 10.9. The average molecular weight is 196 g/mol. The monoisotopic (exact) mass is 196 g/mol. The molecule has 0 fully saturated rings. The number of Topliss-reactive ketones (excluding diaryl/α,β-unsaturated/α-hetero) is 1. The number of carbonyl (C=O) groups is 1. The number of carbonyl (C=O) groups excluding carboxylic acids is 1. The van der Waals surface area contributed by atoms with Crippen molar-refractivity contribution in [2.45, 2.75) is 12.8 Å². The summed E-state index contributed by atoms with van der Waals surface area (Å²) in [4.78, 5) is 11.5. The van der Waals surface area contributed by atoms with Gasteiger partial charge in [0.1, 0.15) is 5.82 Å². The summed E-state index contributed by atoms with van der Waals surface area (Å²) in [6, 6.07) is 4.23. The maximum Gasteiger partial charge on any atom is 0.165 e. The number of nitrogens with two attached hydrogens (primary N) is 2. The molecule has 1 rings (SSSR count). The Labute approximate surface area is 81.9 Å². The number of hydrogen-bond donors (Lipinski definition) is 2. The molecule has 0 saturated carbocycles. The van der Waals surface area contributed by atoms with E-state index < -0.39 is 5.82 Å². The highest BCUT2D eigenvalue weighted by Gasteiger charge is 2.11. The van der Waals surface area contributed by atoms with Crippen LogP contribution in [0.5, 0.6) is 0 Å². The van der Waals surface area contributed by atoms with Gasteiger partial charge >= 0.3 is 0 Å². The van der Waals surface area contributed by atoms with Crippen molar-refractivity contribution in [2.24, 2.45) is 5.73 Å². The molecular weight excluding hydrogens is 183 g/mol. The Kier molecular flexibility index (Phi) is 3.59. The maximum absolute atomic E-state index is 13.0. The minimum absolute atomic E-state index is 0.0745. The quantitative estimate of drug-likeness (QED) is 0.563. The molecule has 0 aliphatic heterocycles. The second kappa shape index (κ2) is 4.72. The molecule has 14 heavy (non-hydrogen) atoms. The molecule has 0 unspecified atom stereocenters. The van der Waals surface area contributed by atoms with Crippen LogP contribution in [0.4, 0.5) is 10.1 Å². The zero-order valence-corrected chi connectivity index (χ0v) is 7.79. The fraction of sp³-hybridized carbons (Fsp3) is 0.300. The Morgan fingerprint density at radius 1 is 1.43 bits per heavy atom. The van der Waals surface area contributed by atoms with Crippen molar-refractivity contribution in [1.29, 1.82) is 0 Å². The average Bonchev–Trinajstić information content (AvgIpc) is 2.18. The molecule has 0 radical (unpaired) electrons. The van der Waals surface area contributed by atoms with Gasteiger partial charge in [-0.1, -0.05) is 6.07 Å². The van der Waals surface area contributed by atoms with E-state index in [1.54, 1.807) is 0 Å². The second-order valence-corrected chi connectivity index (χ2v) is 3.02. The van der Waals surface area contributed by atoms with Crippen molar-refractivity contribution < 1.29 is 9.18 Å². The first-order valence-corrected chi connectivity index (χ1v) is 4.44. The normalized spacial score (nSPS) is 10.1. The molecule has 0 spiro atoms. The van der Waals surface area contributed by atoms with Gasteiger partial charge in [0.2, 0.25) is 0 Å². The molecule has 1 aromatic rings. The predicted octanol–water partition coefficient (Wildman–Crippen LogP) is 1.33. The third kappa shape index (κ3) is 2.29. The molecule has 0 aromatic heterocycles. The van der Waals surface area contributed by atoms with E-state index in [0.29, 0.717) is 19.4 Å². The zero-order chi connectivity index (χ0) is 10.6. The van der Waals surface area contributed by atoms with Gasteiger partial charge in [0.05, 0.1) is 5.69 Å². The number of hydrogen-bond acceptors (Lipinski definition) is 3. The molecule has 0 bridgehead atoms. The van der Waals surface area contributed by atoms with Gasteiger partial charge in [0.25, 0.3) is 0 Å². The fourth-order valence-electron chi connectivity index (χ4n) is 1.18. The number of anilines is 1. The van der Waals surface area contributed by atoms with Crippen molar-refractivity contribution in [3.05, 3.63) is 29.6 Å². The van der Waals surface area contributed by atoms with Gasteiger partial charge in [-0.3, -0.25) is 4.79 Å². The summed E-state index contributed by atoms with van der Waals surface area (Å²) < 4.78 is 13.0. The van der Waals surface area contributed by atoms with E-state index in [1.165, 1.54) is 18.2 Å². The SMILES string of the molecule is NCCCC(=O)c1cccc(F)c1N. The first-order chi connectivity index (χ1) is 6.66. The first-order valence-electron chi connectivity index (χ1n) is 4.44. The lowest BCUT2D eigenvalue weighted by molar-refractivity contribution is 0.0981. The summed E-state index contributed by atoms with van der Waals surface area (Å²) >= 11 is 0. The first kappa shape index (κ1) is 10.7. The van der Waals surface area contributed by atoms with Gasteiger partial charge in [-0.05, 0) is 25.1 Å². The van der Waals surface area contributed by atoms with E-state index >= 15 is 0 Å². The Morgan fingerprint density at radius 2 is 2.14 bits per heavy atom. The minimum Gasteiger partial charge on any atom is -0.396 e. The smallest absolute Gasteiger partial charge is 0.165 e. The summed E-state index contributed by atoms with van der Waals surface area (Å²) in [6.07, 6.45) is 0.902. The Morgan fingerprint density at radius 3 is 2.79 bits per heavy atom. The number of benzene rings is 1. The van der Waals surface area contributed by atoms with Gasteiger partial charge < -0.3 is 11.5 Å². The van der Waals surface area contributed by atoms with Crippen LogP contribution in [0.15, 0.2) is 18.2 Å². The van der Waals surface area contributed by atoms with Gasteiger partial charge in [-0.15, -0.1) is 0 Å². The summed E-state index contributed by atoms with van der Waals surface area (Å²) in [7, 11) is 0. The third-order valence-electron chi connectivity index (χ3n) is 1.96. The summed E-state index contributed by atoms with van der Waals surface area (Å²) in [5, 5.41) is 0. The van der Waals surface area contributed by atoms with Crippen LogP contribution in [0.3, 0.4) is 0 Å². The number of ketones is 1. The van der Waals surface area contributed by atoms with Gasteiger partial charge in [-0.25, -0.2) is 4.39 Å². The molecule has 0 amide bonds. The van der Waals surface area contributed by atoms with E-state index in [9.17, 15) is 9.18 Å². The van der Waals surface area contributed by atoms with Crippen molar-refractivity contribution in [1.82, 2.24) is 0 Å². The number of nitrogen functional groups attached to an aromatic ring is 1. The van der Waals surface area contributed by atoms with Crippen molar-refractivity contribution in [3.63, 3.8) is 0 Å². The molecule has 4 heteroatoms. The van der Waals surface area contributed by atoms with Crippen LogP contribution in [-0.2, 0) is 0 Å². The van der Waals surface area contributed by atoms with Crippen molar-refractivity contribution in [2.75, 3.05) is 12.3 Å². The number of para-hydroxylation sites is 1. The summed E-state index contributed by atoms with van der Waals surface area (Å²) in [5.74, 6) is -0.712. The Bertz CT molecular complexity index is 339. The Hall–Kier alpha value is -1.42. The van der Waals surface area contributed by atoms with Crippen LogP contribution < -0.4 is 11.5 Å². The van der Waals surface area contributed by atoms with Crippen LogP contribution >= 0.6 is 0 Å². The third-order valence-corrected chi connectivity index (χ3v) is 1.96. The van der Waals surface area contributed by atoms with E-state index in [4.69, 9.17) is 11.5 Å². The molecule has 76 valence electrons. The van der Waals surface area contributed by atoms with Crippen LogP contribution in [0.25, 0.3) is 0 Å². The van der Waals surface area contributed by atoms with E-state index in [-0.39, 0.29) is 17.0 Å². The summed E-state index contributed by atoms with van der Waals surface area (Å²) in [6.45, 7) is 0.445. The highest BCUT2D eigenvalue weighted by atomic mass is 19.1. The van der Waals surface area contributed by atoms with E-state index in [1.807, 2.05) is 0 Å². The topological polar surface area (TPSA) is 69.1 Å². The minimum atomic E-state index is -0.552. The van der Waals surface area contributed by atoms with Crippen LogP contribution in [0.1, 0.15) is 23.2 Å². The number of rotatable bonds is 4. The van der Waals surface area contributed by atoms with Gasteiger partial charge in [-0.2, -0.15) is 0 Å². The highest BCUT2D eigenvalue weighted by Crippen LogP contribution is 2.17. The molecule has 0 aliphatic rings. The fourth-order valence-corrected chi connectivity index (χ4v) is 1.18. The molecule has 1 aromatic carbocycles. The highest BCUT2D eigenvalue weighted by molar-refractivity contribution is 6.00. The molecule has 0 aliphatic carbocycles. The second-order valence-electron chi connectivity index (χ2n) is 3.02. The van der Waals surface area contributed by atoms with Crippen molar-refractivity contribution in [3.8, 4) is 0 Å². The molecular formula is C10H13FN2O. The molecule has 0 atom stereocenters. The maximum atomic E-state index is 13.0.